The molecule has 1 aromatic heterocycles. The number of para-hydroxylation sites is 1. The second-order valence-electron chi connectivity index (χ2n) is 5.22. The van der Waals surface area contributed by atoms with Crippen LogP contribution in [0.2, 0.25) is 0 Å². The second-order valence-corrected chi connectivity index (χ2v) is 6.30. The zero-order valence-corrected chi connectivity index (χ0v) is 13.9. The van der Waals surface area contributed by atoms with E-state index >= 15 is 0 Å². The number of urea groups is 1. The molecule has 0 aliphatic carbocycles. The Morgan fingerprint density at radius 3 is 2.77 bits per heavy atom. The molecule has 22 heavy (non-hydrogen) atoms. The van der Waals surface area contributed by atoms with Gasteiger partial charge in [-0.1, -0.05) is 18.2 Å². The lowest BCUT2D eigenvalue weighted by Gasteiger charge is -2.21. The van der Waals surface area contributed by atoms with E-state index in [-0.39, 0.29) is 23.9 Å². The van der Waals surface area contributed by atoms with Gasteiger partial charge in [0, 0.05) is 22.2 Å². The molecule has 2 rings (SSSR count). The summed E-state index contributed by atoms with van der Waals surface area (Å²) in [7, 11) is 0. The molecule has 0 saturated heterocycles. The van der Waals surface area contributed by atoms with Gasteiger partial charge < -0.3 is 20.2 Å². The number of hydrogen-bond acceptors (Lipinski definition) is 4. The van der Waals surface area contributed by atoms with Gasteiger partial charge in [0.1, 0.15) is 11.3 Å². The molecule has 0 fully saturated rings. The SMILES string of the molecule is CSC(CO)C(C)NC(=O)NCc1oc2ccccc2c1C. The number of aliphatic hydroxyl groups is 1. The minimum atomic E-state index is -0.264. The van der Waals surface area contributed by atoms with Crippen LogP contribution in [0.4, 0.5) is 4.79 Å². The van der Waals surface area contributed by atoms with E-state index in [1.807, 2.05) is 44.4 Å². The highest BCUT2D eigenvalue weighted by Crippen LogP contribution is 2.24. The largest absolute Gasteiger partial charge is 0.459 e. The molecule has 0 aliphatic rings. The molecule has 0 radical (unpaired) electrons. The van der Waals surface area contributed by atoms with Gasteiger partial charge >= 0.3 is 6.03 Å². The van der Waals surface area contributed by atoms with Gasteiger partial charge in [0.05, 0.1) is 13.2 Å². The fourth-order valence-corrected chi connectivity index (χ4v) is 2.97. The quantitative estimate of drug-likeness (QED) is 0.764. The summed E-state index contributed by atoms with van der Waals surface area (Å²) in [4.78, 5) is 11.9. The van der Waals surface area contributed by atoms with Crippen molar-refractivity contribution in [3.8, 4) is 0 Å². The molecule has 3 N–H and O–H groups in total. The molecule has 2 amide bonds. The minimum Gasteiger partial charge on any atom is -0.459 e. The molecule has 0 spiro atoms. The highest BCUT2D eigenvalue weighted by atomic mass is 32.2. The molecule has 6 heteroatoms. The van der Waals surface area contributed by atoms with E-state index < -0.39 is 0 Å². The third-order valence-electron chi connectivity index (χ3n) is 3.75. The molecule has 1 heterocycles. The molecule has 120 valence electrons. The third-order valence-corrected chi connectivity index (χ3v) is 4.91. The summed E-state index contributed by atoms with van der Waals surface area (Å²) in [5, 5.41) is 15.9. The molecule has 0 saturated carbocycles. The highest BCUT2D eigenvalue weighted by molar-refractivity contribution is 7.99. The summed E-state index contributed by atoms with van der Waals surface area (Å²) in [5.74, 6) is 0.757. The molecular weight excluding hydrogens is 300 g/mol. The van der Waals surface area contributed by atoms with E-state index in [0.717, 1.165) is 22.3 Å². The fraction of sp³-hybridized carbons (Fsp3) is 0.438. The first-order valence-electron chi connectivity index (χ1n) is 7.21. The third kappa shape index (κ3) is 3.75. The number of aryl methyl sites for hydroxylation is 1. The van der Waals surface area contributed by atoms with Gasteiger partial charge in [-0.2, -0.15) is 11.8 Å². The second kappa shape index (κ2) is 7.56. The normalized spacial score (nSPS) is 13.8. The zero-order chi connectivity index (χ0) is 16.1. The summed E-state index contributed by atoms with van der Waals surface area (Å²) >= 11 is 1.53. The van der Waals surface area contributed by atoms with Crippen molar-refractivity contribution in [2.24, 2.45) is 0 Å². The van der Waals surface area contributed by atoms with E-state index in [1.54, 1.807) is 0 Å². The first kappa shape index (κ1) is 16.7. The molecular formula is C16H22N2O3S. The average Bonchev–Trinajstić information content (AvgIpc) is 2.83. The van der Waals surface area contributed by atoms with Gasteiger partial charge in [-0.3, -0.25) is 0 Å². The van der Waals surface area contributed by atoms with Crippen LogP contribution in [0, 0.1) is 6.92 Å². The number of amides is 2. The molecule has 0 bridgehead atoms. The first-order chi connectivity index (χ1) is 10.6. The Balaban J connectivity index is 1.94. The van der Waals surface area contributed by atoms with E-state index in [9.17, 15) is 9.90 Å². The van der Waals surface area contributed by atoms with Crippen LogP contribution in [-0.4, -0.2) is 35.3 Å². The topological polar surface area (TPSA) is 74.5 Å². The number of fused-ring (bicyclic) bond motifs is 1. The van der Waals surface area contributed by atoms with Gasteiger partial charge in [0.2, 0.25) is 0 Å². The van der Waals surface area contributed by atoms with Crippen LogP contribution in [0.5, 0.6) is 0 Å². The number of furan rings is 1. The van der Waals surface area contributed by atoms with E-state index in [4.69, 9.17) is 4.42 Å². The Morgan fingerprint density at radius 1 is 1.41 bits per heavy atom. The lowest BCUT2D eigenvalue weighted by molar-refractivity contribution is 0.231. The lowest BCUT2D eigenvalue weighted by atomic mass is 10.1. The van der Waals surface area contributed by atoms with Crippen molar-refractivity contribution in [2.75, 3.05) is 12.9 Å². The molecule has 1 aromatic carbocycles. The number of carbonyl (C=O) groups excluding carboxylic acids is 1. The molecule has 0 aliphatic heterocycles. The zero-order valence-electron chi connectivity index (χ0n) is 13.1. The van der Waals surface area contributed by atoms with Crippen LogP contribution in [0.1, 0.15) is 18.2 Å². The van der Waals surface area contributed by atoms with Crippen LogP contribution in [0.25, 0.3) is 11.0 Å². The van der Waals surface area contributed by atoms with Gasteiger partial charge in [-0.05, 0) is 26.2 Å². The Hall–Kier alpha value is -1.66. The van der Waals surface area contributed by atoms with Crippen LogP contribution in [-0.2, 0) is 6.54 Å². The molecule has 5 nitrogen and oxygen atoms in total. The average molecular weight is 322 g/mol. The highest BCUT2D eigenvalue weighted by Gasteiger charge is 2.17. The fourth-order valence-electron chi connectivity index (χ4n) is 2.34. The van der Waals surface area contributed by atoms with Crippen molar-refractivity contribution < 1.29 is 14.3 Å². The lowest BCUT2D eigenvalue weighted by Crippen LogP contribution is -2.45. The minimum absolute atomic E-state index is 0.0151. The Kier molecular flexibility index (Phi) is 5.74. The van der Waals surface area contributed by atoms with E-state index in [1.165, 1.54) is 11.8 Å². The van der Waals surface area contributed by atoms with E-state index in [0.29, 0.717) is 6.54 Å². The maximum Gasteiger partial charge on any atom is 0.315 e. The number of thioether (sulfide) groups is 1. The van der Waals surface area contributed by atoms with Crippen molar-refractivity contribution in [3.05, 3.63) is 35.6 Å². The Labute approximate surface area is 134 Å². The Bertz CT molecular complexity index is 637. The summed E-state index contributed by atoms with van der Waals surface area (Å²) in [5.41, 5.74) is 1.87. The van der Waals surface area contributed by atoms with Gasteiger partial charge in [0.25, 0.3) is 0 Å². The van der Waals surface area contributed by atoms with Crippen LogP contribution in [0.3, 0.4) is 0 Å². The maximum atomic E-state index is 11.9. The number of hydrogen-bond donors (Lipinski definition) is 3. The number of nitrogens with one attached hydrogen (secondary N) is 2. The number of carbonyl (C=O) groups is 1. The van der Waals surface area contributed by atoms with Crippen LogP contribution < -0.4 is 10.6 Å². The maximum absolute atomic E-state index is 11.9. The Morgan fingerprint density at radius 2 is 2.14 bits per heavy atom. The number of aliphatic hydroxyl groups excluding tert-OH is 1. The van der Waals surface area contributed by atoms with Crippen molar-refractivity contribution >= 4 is 28.8 Å². The van der Waals surface area contributed by atoms with Crippen molar-refractivity contribution in [2.45, 2.75) is 31.7 Å². The van der Waals surface area contributed by atoms with Gasteiger partial charge in [-0.15, -0.1) is 0 Å². The molecule has 2 unspecified atom stereocenters. The summed E-state index contributed by atoms with van der Waals surface area (Å²) in [6, 6.07) is 7.43. The van der Waals surface area contributed by atoms with Crippen LogP contribution >= 0.6 is 11.8 Å². The standard InChI is InChI=1S/C16H22N2O3S/c1-10-12-6-4-5-7-13(12)21-14(10)8-17-16(20)18-11(2)15(9-19)22-3/h4-7,11,15,19H,8-9H2,1-3H3,(H2,17,18,20). The van der Waals surface area contributed by atoms with Crippen molar-refractivity contribution in [1.82, 2.24) is 10.6 Å². The van der Waals surface area contributed by atoms with Crippen LogP contribution in [0.15, 0.2) is 28.7 Å². The smallest absolute Gasteiger partial charge is 0.315 e. The predicted octanol–water partition coefficient (Wildman–Crippen LogP) is 2.65. The van der Waals surface area contributed by atoms with Gasteiger partial charge in [0.15, 0.2) is 0 Å². The first-order valence-corrected chi connectivity index (χ1v) is 8.50. The monoisotopic (exact) mass is 322 g/mol. The molecule has 2 atom stereocenters. The predicted molar refractivity (Wildman–Crippen MR) is 90.2 cm³/mol. The summed E-state index contributed by atoms with van der Waals surface area (Å²) < 4.78 is 5.76. The summed E-state index contributed by atoms with van der Waals surface area (Å²) in [6.45, 7) is 4.23. The number of rotatable bonds is 6. The van der Waals surface area contributed by atoms with Gasteiger partial charge in [-0.25, -0.2) is 4.79 Å². The molecule has 2 aromatic rings. The summed E-state index contributed by atoms with van der Waals surface area (Å²) in [6.07, 6.45) is 1.91. The van der Waals surface area contributed by atoms with E-state index in [2.05, 4.69) is 10.6 Å². The number of benzene rings is 1. The van der Waals surface area contributed by atoms with Crippen molar-refractivity contribution in [3.63, 3.8) is 0 Å². The van der Waals surface area contributed by atoms with Crippen molar-refractivity contribution in [1.29, 1.82) is 0 Å².